The zero-order chi connectivity index (χ0) is 9.84. The number of allylic oxidation sites excluding steroid dienone is 1. The largest absolute Gasteiger partial charge is 0.421 e. The van der Waals surface area contributed by atoms with Crippen molar-refractivity contribution < 1.29 is 4.43 Å². The highest BCUT2D eigenvalue weighted by molar-refractivity contribution is 5.98. The van der Waals surface area contributed by atoms with Gasteiger partial charge in [0.15, 0.2) is 0 Å². The molecule has 0 bridgehead atoms. The van der Waals surface area contributed by atoms with Gasteiger partial charge in [0.05, 0.1) is 6.10 Å². The summed E-state index contributed by atoms with van der Waals surface area (Å²) in [4.78, 5) is 0. The van der Waals surface area contributed by atoms with Crippen LogP contribution in [0.5, 0.6) is 0 Å². The minimum absolute atomic E-state index is 0.228. The average Bonchev–Trinajstić information content (AvgIpc) is 2.17. The number of hydrogen-bond acceptors (Lipinski definition) is 1. The quantitative estimate of drug-likeness (QED) is 0.666. The first-order chi connectivity index (χ1) is 6.15. The predicted molar refractivity (Wildman–Crippen MR) is 60.6 cm³/mol. The Morgan fingerprint density at radius 3 is 2.31 bits per heavy atom. The molecule has 0 saturated heterocycles. The van der Waals surface area contributed by atoms with Crippen molar-refractivity contribution >= 4 is 16.1 Å². The van der Waals surface area contributed by atoms with Crippen molar-refractivity contribution in [3.8, 4) is 0 Å². The molecule has 1 atom stereocenters. The Hall–Kier alpha value is -0.863. The van der Waals surface area contributed by atoms with Crippen molar-refractivity contribution in [3.05, 3.63) is 42.0 Å². The molecule has 0 radical (unpaired) electrons. The summed E-state index contributed by atoms with van der Waals surface area (Å²) in [6, 6.07) is 8.39. The summed E-state index contributed by atoms with van der Waals surface area (Å²) < 4.78 is 5.35. The van der Waals surface area contributed by atoms with Crippen molar-refractivity contribution in [2.75, 3.05) is 0 Å². The van der Waals surface area contributed by atoms with Crippen molar-refractivity contribution in [2.45, 2.75) is 20.0 Å². The maximum absolute atomic E-state index is 5.35. The molecule has 1 aromatic carbocycles. The normalized spacial score (nSPS) is 12.8. The van der Waals surface area contributed by atoms with E-state index in [-0.39, 0.29) is 6.10 Å². The third-order valence-electron chi connectivity index (χ3n) is 2.23. The summed E-state index contributed by atoms with van der Waals surface area (Å²) in [5, 5.41) is 0. The first kappa shape index (κ1) is 10.2. The minimum atomic E-state index is 0.228. The number of rotatable bonds is 3. The molecule has 1 rings (SSSR count). The van der Waals surface area contributed by atoms with Gasteiger partial charge in [-0.05, 0) is 25.0 Å². The van der Waals surface area contributed by atoms with Gasteiger partial charge in [0.1, 0.15) is 10.5 Å². The van der Waals surface area contributed by atoms with Gasteiger partial charge >= 0.3 is 0 Å². The van der Waals surface area contributed by atoms with Gasteiger partial charge in [0.25, 0.3) is 0 Å². The summed E-state index contributed by atoms with van der Waals surface area (Å²) >= 11 is 0. The van der Waals surface area contributed by atoms with Gasteiger partial charge in [0, 0.05) is 0 Å². The topological polar surface area (TPSA) is 9.23 Å². The standard InChI is InChI=1S/C11H16OSi/c1-8(2)10-4-6-11(7-5-10)9(3)12-13/h4-7,9H,1H2,2-3,13H3. The fraction of sp³-hybridized carbons (Fsp3) is 0.273. The highest BCUT2D eigenvalue weighted by Gasteiger charge is 2.02. The van der Waals surface area contributed by atoms with Crippen molar-refractivity contribution in [1.29, 1.82) is 0 Å². The van der Waals surface area contributed by atoms with Crippen LogP contribution < -0.4 is 0 Å². The van der Waals surface area contributed by atoms with Crippen LogP contribution in [0.1, 0.15) is 31.1 Å². The van der Waals surface area contributed by atoms with Gasteiger partial charge in [-0.1, -0.05) is 36.4 Å². The molecule has 70 valence electrons. The monoisotopic (exact) mass is 192 g/mol. The molecule has 0 heterocycles. The first-order valence-corrected chi connectivity index (χ1v) is 5.25. The van der Waals surface area contributed by atoms with Crippen molar-refractivity contribution in [3.63, 3.8) is 0 Å². The Morgan fingerprint density at radius 2 is 1.92 bits per heavy atom. The van der Waals surface area contributed by atoms with Crippen LogP contribution >= 0.6 is 0 Å². The lowest BCUT2D eigenvalue weighted by molar-refractivity contribution is 0.251. The Bertz CT molecular complexity index is 289. The van der Waals surface area contributed by atoms with E-state index in [1.165, 1.54) is 11.1 Å². The zero-order valence-electron chi connectivity index (χ0n) is 8.50. The summed E-state index contributed by atoms with van der Waals surface area (Å²) in [6.07, 6.45) is 0.228. The molecule has 1 nitrogen and oxygen atoms in total. The van der Waals surface area contributed by atoms with Gasteiger partial charge in [-0.15, -0.1) is 0 Å². The van der Waals surface area contributed by atoms with E-state index in [1.54, 1.807) is 0 Å². The lowest BCUT2D eigenvalue weighted by Gasteiger charge is -2.10. The summed E-state index contributed by atoms with van der Waals surface area (Å²) in [6.45, 7) is 7.98. The van der Waals surface area contributed by atoms with E-state index in [4.69, 9.17) is 4.43 Å². The maximum Gasteiger partial charge on any atom is 0.146 e. The molecule has 13 heavy (non-hydrogen) atoms. The van der Waals surface area contributed by atoms with E-state index >= 15 is 0 Å². The van der Waals surface area contributed by atoms with Crippen LogP contribution in [-0.4, -0.2) is 10.5 Å². The minimum Gasteiger partial charge on any atom is -0.421 e. The lowest BCUT2D eigenvalue weighted by atomic mass is 10.0. The van der Waals surface area contributed by atoms with E-state index < -0.39 is 0 Å². The number of hydrogen-bond donors (Lipinski definition) is 0. The van der Waals surface area contributed by atoms with Crippen LogP contribution in [0.4, 0.5) is 0 Å². The van der Waals surface area contributed by atoms with Gasteiger partial charge in [-0.2, -0.15) is 0 Å². The van der Waals surface area contributed by atoms with E-state index in [1.807, 2.05) is 6.92 Å². The SMILES string of the molecule is C=C(C)c1ccc(C(C)O[SiH3])cc1. The second kappa shape index (κ2) is 4.39. The van der Waals surface area contributed by atoms with E-state index in [9.17, 15) is 0 Å². The van der Waals surface area contributed by atoms with E-state index in [0.29, 0.717) is 0 Å². The predicted octanol–water partition coefficient (Wildman–Crippen LogP) is 2.08. The first-order valence-electron chi connectivity index (χ1n) is 4.43. The smallest absolute Gasteiger partial charge is 0.146 e. The van der Waals surface area contributed by atoms with Crippen LogP contribution in [0.3, 0.4) is 0 Å². The maximum atomic E-state index is 5.35. The second-order valence-electron chi connectivity index (χ2n) is 3.28. The van der Waals surface area contributed by atoms with Crippen molar-refractivity contribution in [1.82, 2.24) is 0 Å². The van der Waals surface area contributed by atoms with Crippen LogP contribution in [-0.2, 0) is 4.43 Å². The molecule has 0 aromatic heterocycles. The molecule has 0 aliphatic rings. The molecule has 0 aliphatic carbocycles. The summed E-state index contributed by atoms with van der Waals surface area (Å²) in [7, 11) is 0.785. The molecule has 0 N–H and O–H groups in total. The fourth-order valence-corrected chi connectivity index (χ4v) is 1.45. The highest BCUT2D eigenvalue weighted by atomic mass is 28.2. The molecule has 0 saturated carbocycles. The van der Waals surface area contributed by atoms with Crippen LogP contribution in [0.15, 0.2) is 30.8 Å². The van der Waals surface area contributed by atoms with E-state index in [0.717, 1.165) is 16.1 Å². The Labute approximate surface area is 83.0 Å². The Balaban J connectivity index is 2.87. The van der Waals surface area contributed by atoms with Gasteiger partial charge < -0.3 is 4.43 Å². The van der Waals surface area contributed by atoms with Crippen LogP contribution in [0, 0.1) is 0 Å². The molecule has 0 aliphatic heterocycles. The van der Waals surface area contributed by atoms with E-state index in [2.05, 4.69) is 37.8 Å². The molecule has 0 fully saturated rings. The third kappa shape index (κ3) is 2.54. The van der Waals surface area contributed by atoms with Crippen molar-refractivity contribution in [2.24, 2.45) is 0 Å². The number of benzene rings is 1. The fourth-order valence-electron chi connectivity index (χ4n) is 1.17. The molecule has 2 heteroatoms. The highest BCUT2D eigenvalue weighted by Crippen LogP contribution is 2.18. The zero-order valence-corrected chi connectivity index (χ0v) is 10.5. The van der Waals surface area contributed by atoms with Gasteiger partial charge in [-0.3, -0.25) is 0 Å². The molecule has 0 amide bonds. The molecule has 0 spiro atoms. The molecule has 1 unspecified atom stereocenters. The lowest BCUT2D eigenvalue weighted by Crippen LogP contribution is -1.96. The molecular formula is C11H16OSi. The van der Waals surface area contributed by atoms with Gasteiger partial charge in [-0.25, -0.2) is 0 Å². The summed E-state index contributed by atoms with van der Waals surface area (Å²) in [5.41, 5.74) is 3.54. The van der Waals surface area contributed by atoms with Crippen LogP contribution in [0.2, 0.25) is 0 Å². The molecular weight excluding hydrogens is 176 g/mol. The average molecular weight is 192 g/mol. The Kier molecular flexibility index (Phi) is 3.45. The molecule has 1 aromatic rings. The summed E-state index contributed by atoms with van der Waals surface area (Å²) in [5.74, 6) is 0. The third-order valence-corrected chi connectivity index (χ3v) is 2.93. The van der Waals surface area contributed by atoms with Crippen LogP contribution in [0.25, 0.3) is 5.57 Å². The Morgan fingerprint density at radius 1 is 1.38 bits per heavy atom. The van der Waals surface area contributed by atoms with Gasteiger partial charge in [0.2, 0.25) is 0 Å². The second-order valence-corrected chi connectivity index (χ2v) is 3.75.